The number of ether oxygens (including phenoxy) is 1. The van der Waals surface area contributed by atoms with Crippen molar-refractivity contribution in [3.8, 4) is 10.6 Å². The normalized spacial score (nSPS) is 19.6. The lowest BCUT2D eigenvalue weighted by atomic mass is 9.89. The molecule has 1 aromatic heterocycles. The second-order valence-electron chi connectivity index (χ2n) is 6.72. The minimum absolute atomic E-state index is 0.0376. The highest BCUT2D eigenvalue weighted by atomic mass is 32.1. The topological polar surface area (TPSA) is 51.2 Å². The van der Waals surface area contributed by atoms with E-state index in [0.29, 0.717) is 12.2 Å². The molecule has 0 aliphatic carbocycles. The molecule has 3 aromatic rings. The lowest BCUT2D eigenvalue weighted by Gasteiger charge is -2.32. The number of carbonyl (C=O) groups is 1. The fourth-order valence-electron chi connectivity index (χ4n) is 3.47. The first-order chi connectivity index (χ1) is 13.3. The van der Waals surface area contributed by atoms with E-state index in [2.05, 4.69) is 22.4 Å². The zero-order valence-corrected chi connectivity index (χ0v) is 15.8. The van der Waals surface area contributed by atoms with Gasteiger partial charge in [-0.2, -0.15) is 0 Å². The number of nitrogens with one attached hydrogen (secondary N) is 1. The number of benzene rings is 2. The van der Waals surface area contributed by atoms with Crippen LogP contribution in [0.2, 0.25) is 0 Å². The van der Waals surface area contributed by atoms with Gasteiger partial charge in [0.1, 0.15) is 10.7 Å². The number of rotatable bonds is 5. The Morgan fingerprint density at radius 3 is 2.63 bits per heavy atom. The van der Waals surface area contributed by atoms with Gasteiger partial charge >= 0.3 is 0 Å². The fraction of sp³-hybridized carbons (Fsp3) is 0.273. The van der Waals surface area contributed by atoms with E-state index >= 15 is 0 Å². The zero-order chi connectivity index (χ0) is 18.5. The van der Waals surface area contributed by atoms with Gasteiger partial charge in [0.05, 0.1) is 6.10 Å². The van der Waals surface area contributed by atoms with E-state index in [9.17, 15) is 4.79 Å². The summed E-state index contributed by atoms with van der Waals surface area (Å²) in [7, 11) is 0. The van der Waals surface area contributed by atoms with Gasteiger partial charge in [-0.1, -0.05) is 60.7 Å². The van der Waals surface area contributed by atoms with Gasteiger partial charge < -0.3 is 10.1 Å². The Balaban J connectivity index is 1.40. The summed E-state index contributed by atoms with van der Waals surface area (Å²) >= 11 is 1.49. The average molecular weight is 378 g/mol. The van der Waals surface area contributed by atoms with Gasteiger partial charge in [-0.15, -0.1) is 11.3 Å². The van der Waals surface area contributed by atoms with Crippen LogP contribution in [0.1, 0.15) is 35.0 Å². The summed E-state index contributed by atoms with van der Waals surface area (Å²) in [5.41, 5.74) is 2.69. The van der Waals surface area contributed by atoms with E-state index in [1.54, 1.807) is 0 Å². The lowest BCUT2D eigenvalue weighted by Crippen LogP contribution is -2.35. The van der Waals surface area contributed by atoms with Crippen LogP contribution in [0, 0.1) is 5.92 Å². The van der Waals surface area contributed by atoms with E-state index < -0.39 is 0 Å². The van der Waals surface area contributed by atoms with Crippen molar-refractivity contribution in [2.75, 3.05) is 13.2 Å². The lowest BCUT2D eigenvalue weighted by molar-refractivity contribution is -0.0272. The highest BCUT2D eigenvalue weighted by Crippen LogP contribution is 2.33. The third kappa shape index (κ3) is 4.26. The molecule has 27 heavy (non-hydrogen) atoms. The molecule has 1 saturated heterocycles. The highest BCUT2D eigenvalue weighted by molar-refractivity contribution is 7.13. The minimum atomic E-state index is -0.120. The number of hydrogen-bond acceptors (Lipinski definition) is 4. The molecule has 0 saturated carbocycles. The highest BCUT2D eigenvalue weighted by Gasteiger charge is 2.28. The Hall–Kier alpha value is -2.50. The van der Waals surface area contributed by atoms with Gasteiger partial charge in [-0.25, -0.2) is 4.98 Å². The molecule has 1 aliphatic rings. The Morgan fingerprint density at radius 2 is 1.85 bits per heavy atom. The summed E-state index contributed by atoms with van der Waals surface area (Å²) in [4.78, 5) is 17.1. The summed E-state index contributed by atoms with van der Waals surface area (Å²) in [6.07, 6.45) is 2.11. The number of carbonyl (C=O) groups excluding carboxylic acids is 1. The van der Waals surface area contributed by atoms with Crippen LogP contribution < -0.4 is 5.32 Å². The third-order valence-electron chi connectivity index (χ3n) is 4.86. The van der Waals surface area contributed by atoms with Crippen LogP contribution in [-0.2, 0) is 4.74 Å². The third-order valence-corrected chi connectivity index (χ3v) is 5.75. The number of nitrogens with zero attached hydrogens (tertiary/aromatic N) is 1. The summed E-state index contributed by atoms with van der Waals surface area (Å²) in [5, 5.41) is 5.75. The summed E-state index contributed by atoms with van der Waals surface area (Å²) < 4.78 is 6.01. The molecule has 2 atom stereocenters. The maximum atomic E-state index is 12.6. The molecule has 2 aromatic carbocycles. The van der Waals surface area contributed by atoms with Gasteiger partial charge in [0.2, 0.25) is 0 Å². The first-order valence-corrected chi connectivity index (χ1v) is 10.1. The molecule has 138 valence electrons. The molecule has 2 heterocycles. The first-order valence-electron chi connectivity index (χ1n) is 9.27. The summed E-state index contributed by atoms with van der Waals surface area (Å²) in [6, 6.07) is 20.2. The largest absolute Gasteiger partial charge is 0.373 e. The smallest absolute Gasteiger partial charge is 0.270 e. The van der Waals surface area contributed by atoms with Crippen molar-refractivity contribution >= 4 is 17.2 Å². The molecule has 1 aliphatic heterocycles. The Labute approximate surface area is 163 Å². The van der Waals surface area contributed by atoms with Crippen molar-refractivity contribution in [1.82, 2.24) is 10.3 Å². The van der Waals surface area contributed by atoms with Crippen LogP contribution in [0.3, 0.4) is 0 Å². The predicted molar refractivity (Wildman–Crippen MR) is 108 cm³/mol. The van der Waals surface area contributed by atoms with Gasteiger partial charge in [0.25, 0.3) is 5.91 Å². The van der Waals surface area contributed by atoms with Crippen LogP contribution in [0.25, 0.3) is 10.6 Å². The van der Waals surface area contributed by atoms with Crippen LogP contribution in [0.15, 0.2) is 66.0 Å². The van der Waals surface area contributed by atoms with Gasteiger partial charge in [0, 0.05) is 30.0 Å². The van der Waals surface area contributed by atoms with Crippen LogP contribution in [0.4, 0.5) is 0 Å². The molecule has 1 fully saturated rings. The maximum Gasteiger partial charge on any atom is 0.270 e. The minimum Gasteiger partial charge on any atom is -0.373 e. The van der Waals surface area contributed by atoms with Gasteiger partial charge in [-0.3, -0.25) is 4.79 Å². The SMILES string of the molecule is O=C(NC[C@@H]1CCCO[C@H]1c1ccccc1)c1csc(-c2ccccc2)n1. The van der Waals surface area contributed by atoms with Crippen LogP contribution in [0.5, 0.6) is 0 Å². The second-order valence-corrected chi connectivity index (χ2v) is 7.58. The molecule has 0 bridgehead atoms. The van der Waals surface area contributed by atoms with Gasteiger partial charge in [0.15, 0.2) is 0 Å². The van der Waals surface area contributed by atoms with Crippen molar-refractivity contribution < 1.29 is 9.53 Å². The molecule has 4 nitrogen and oxygen atoms in total. The molecule has 1 amide bonds. The Morgan fingerprint density at radius 1 is 1.11 bits per heavy atom. The van der Waals surface area contributed by atoms with E-state index in [4.69, 9.17) is 4.74 Å². The predicted octanol–water partition coefficient (Wildman–Crippen LogP) is 4.71. The molecular weight excluding hydrogens is 356 g/mol. The standard InChI is InChI=1S/C22H22N2O2S/c25-21(19-15-27-22(24-19)17-10-5-2-6-11-17)23-14-18-12-7-13-26-20(18)16-8-3-1-4-9-16/h1-6,8-11,15,18,20H,7,12-14H2,(H,23,25)/t18-,20-/m0/s1. The Bertz CT molecular complexity index is 880. The molecular formula is C22H22N2O2S. The van der Waals surface area contributed by atoms with Crippen molar-refractivity contribution in [2.24, 2.45) is 5.92 Å². The number of thiazole rings is 1. The first kappa shape index (κ1) is 17.9. The van der Waals surface area contributed by atoms with Crippen LogP contribution in [-0.4, -0.2) is 24.0 Å². The van der Waals surface area contributed by atoms with Crippen molar-refractivity contribution in [3.05, 3.63) is 77.3 Å². The summed E-state index contributed by atoms with van der Waals surface area (Å²) in [6.45, 7) is 1.37. The fourth-order valence-corrected chi connectivity index (χ4v) is 4.28. The van der Waals surface area contributed by atoms with Crippen molar-refractivity contribution in [3.63, 3.8) is 0 Å². The molecule has 4 rings (SSSR count). The van der Waals surface area contributed by atoms with E-state index in [-0.39, 0.29) is 17.9 Å². The molecule has 1 N–H and O–H groups in total. The Kier molecular flexibility index (Phi) is 5.61. The molecule has 0 spiro atoms. The summed E-state index contributed by atoms with van der Waals surface area (Å²) in [5.74, 6) is 0.156. The molecule has 0 radical (unpaired) electrons. The number of hydrogen-bond donors (Lipinski definition) is 1. The quantitative estimate of drug-likeness (QED) is 0.700. The average Bonchev–Trinajstić information content (AvgIpc) is 3.24. The van der Waals surface area contributed by atoms with E-state index in [0.717, 1.165) is 30.0 Å². The number of amides is 1. The maximum absolute atomic E-state index is 12.6. The molecule has 0 unspecified atom stereocenters. The van der Waals surface area contributed by atoms with E-state index in [1.807, 2.05) is 53.9 Å². The number of aromatic nitrogens is 1. The van der Waals surface area contributed by atoms with E-state index in [1.165, 1.54) is 16.9 Å². The van der Waals surface area contributed by atoms with Crippen LogP contribution >= 0.6 is 11.3 Å². The second kappa shape index (κ2) is 8.46. The van der Waals surface area contributed by atoms with Crippen molar-refractivity contribution in [1.29, 1.82) is 0 Å². The van der Waals surface area contributed by atoms with Crippen molar-refractivity contribution in [2.45, 2.75) is 18.9 Å². The molecule has 5 heteroatoms. The zero-order valence-electron chi connectivity index (χ0n) is 15.0. The monoisotopic (exact) mass is 378 g/mol. The van der Waals surface area contributed by atoms with Gasteiger partial charge in [-0.05, 0) is 18.4 Å².